The third-order valence-electron chi connectivity index (χ3n) is 1.79. The van der Waals surface area contributed by atoms with Crippen molar-refractivity contribution in [3.63, 3.8) is 0 Å². The second-order valence-corrected chi connectivity index (χ2v) is 5.04. The standard InChI is InChI=1S/C7H6BrNO2S/c8-7-9-4(3-1-2-3)5(12-7)6(10)11/h3H,1-2H2,(H,10,11). The van der Waals surface area contributed by atoms with Crippen LogP contribution in [0.3, 0.4) is 0 Å². The van der Waals surface area contributed by atoms with Crippen LogP contribution in [0.5, 0.6) is 0 Å². The fourth-order valence-electron chi connectivity index (χ4n) is 1.09. The summed E-state index contributed by atoms with van der Waals surface area (Å²) in [6, 6.07) is 0. The van der Waals surface area contributed by atoms with E-state index in [0.717, 1.165) is 18.5 Å². The van der Waals surface area contributed by atoms with Crippen molar-refractivity contribution in [1.29, 1.82) is 0 Å². The molecule has 0 aromatic carbocycles. The summed E-state index contributed by atoms with van der Waals surface area (Å²) in [5.74, 6) is -0.459. The van der Waals surface area contributed by atoms with E-state index in [-0.39, 0.29) is 0 Å². The smallest absolute Gasteiger partial charge is 0.347 e. The molecule has 1 N–H and O–H groups in total. The normalized spacial score (nSPS) is 16.4. The van der Waals surface area contributed by atoms with Gasteiger partial charge in [-0.15, -0.1) is 0 Å². The largest absolute Gasteiger partial charge is 0.477 e. The van der Waals surface area contributed by atoms with Crippen molar-refractivity contribution in [2.24, 2.45) is 0 Å². The number of halogens is 1. The van der Waals surface area contributed by atoms with E-state index in [1.165, 1.54) is 11.3 Å². The molecule has 1 aliphatic carbocycles. The number of aromatic nitrogens is 1. The number of carboxylic acids is 1. The number of hydrogen-bond donors (Lipinski definition) is 1. The second-order valence-electron chi connectivity index (χ2n) is 2.76. The van der Waals surface area contributed by atoms with Gasteiger partial charge >= 0.3 is 5.97 Å². The third kappa shape index (κ3) is 1.38. The summed E-state index contributed by atoms with van der Waals surface area (Å²) in [5.41, 5.74) is 0.763. The maximum atomic E-state index is 10.7. The van der Waals surface area contributed by atoms with E-state index in [2.05, 4.69) is 20.9 Å². The maximum Gasteiger partial charge on any atom is 0.347 e. The molecule has 1 aromatic rings. The molecule has 0 saturated heterocycles. The third-order valence-corrected chi connectivity index (χ3v) is 3.30. The van der Waals surface area contributed by atoms with Crippen molar-refractivity contribution in [3.8, 4) is 0 Å². The lowest BCUT2D eigenvalue weighted by Crippen LogP contribution is -1.97. The summed E-state index contributed by atoms with van der Waals surface area (Å²) in [6.45, 7) is 0. The molecule has 3 nitrogen and oxygen atoms in total. The Morgan fingerprint density at radius 2 is 2.33 bits per heavy atom. The molecule has 64 valence electrons. The molecule has 5 heteroatoms. The zero-order chi connectivity index (χ0) is 8.72. The molecule has 0 unspecified atom stereocenters. The predicted molar refractivity (Wildman–Crippen MR) is 48.7 cm³/mol. The average Bonchev–Trinajstić information content (AvgIpc) is 2.75. The van der Waals surface area contributed by atoms with Crippen LogP contribution >= 0.6 is 27.3 Å². The number of carbonyl (C=O) groups is 1. The van der Waals surface area contributed by atoms with Crippen LogP contribution in [0.4, 0.5) is 0 Å². The van der Waals surface area contributed by atoms with Crippen LogP contribution in [0.25, 0.3) is 0 Å². The Bertz CT molecular complexity index is 332. The van der Waals surface area contributed by atoms with Crippen LogP contribution in [-0.4, -0.2) is 16.1 Å². The van der Waals surface area contributed by atoms with Crippen molar-refractivity contribution in [2.45, 2.75) is 18.8 Å². The van der Waals surface area contributed by atoms with E-state index in [1.54, 1.807) is 0 Å². The van der Waals surface area contributed by atoms with E-state index in [4.69, 9.17) is 5.11 Å². The van der Waals surface area contributed by atoms with E-state index in [9.17, 15) is 4.79 Å². The topological polar surface area (TPSA) is 50.2 Å². The molecule has 0 bridgehead atoms. The maximum absolute atomic E-state index is 10.7. The van der Waals surface area contributed by atoms with Crippen LogP contribution in [-0.2, 0) is 0 Å². The number of aromatic carboxylic acids is 1. The van der Waals surface area contributed by atoms with Gasteiger partial charge in [0.25, 0.3) is 0 Å². The SMILES string of the molecule is O=C(O)c1sc(Br)nc1C1CC1. The molecule has 12 heavy (non-hydrogen) atoms. The Kier molecular flexibility index (Phi) is 1.92. The molecule has 1 aliphatic rings. The van der Waals surface area contributed by atoms with Crippen LogP contribution in [0.1, 0.15) is 34.1 Å². The van der Waals surface area contributed by atoms with Gasteiger partial charge in [0, 0.05) is 5.92 Å². The molecule has 1 heterocycles. The van der Waals surface area contributed by atoms with Crippen molar-refractivity contribution in [1.82, 2.24) is 4.98 Å². The Labute approximate surface area is 81.6 Å². The molecule has 2 rings (SSSR count). The minimum atomic E-state index is -0.861. The van der Waals surface area contributed by atoms with Gasteiger partial charge in [-0.3, -0.25) is 0 Å². The first-order valence-corrected chi connectivity index (χ1v) is 5.19. The lowest BCUT2D eigenvalue weighted by molar-refractivity contribution is 0.0700. The average molecular weight is 248 g/mol. The molecular weight excluding hydrogens is 242 g/mol. The summed E-state index contributed by atoms with van der Waals surface area (Å²) in [4.78, 5) is 15.3. The van der Waals surface area contributed by atoms with Gasteiger partial charge in [-0.2, -0.15) is 0 Å². The summed E-state index contributed by atoms with van der Waals surface area (Å²) < 4.78 is 0.668. The van der Waals surface area contributed by atoms with Crippen molar-refractivity contribution in [3.05, 3.63) is 14.5 Å². The van der Waals surface area contributed by atoms with Gasteiger partial charge in [0.1, 0.15) is 4.88 Å². The Morgan fingerprint density at radius 1 is 1.67 bits per heavy atom. The number of thiazole rings is 1. The molecule has 0 amide bonds. The highest BCUT2D eigenvalue weighted by molar-refractivity contribution is 9.11. The number of carboxylic acid groups (broad SMARTS) is 1. The molecular formula is C7H6BrNO2S. The first kappa shape index (κ1) is 8.19. The highest BCUT2D eigenvalue weighted by atomic mass is 79.9. The van der Waals surface area contributed by atoms with Gasteiger partial charge in [-0.1, -0.05) is 11.3 Å². The van der Waals surface area contributed by atoms with Gasteiger partial charge in [-0.25, -0.2) is 9.78 Å². The summed E-state index contributed by atoms with van der Waals surface area (Å²) in [5, 5.41) is 8.81. The number of nitrogens with zero attached hydrogens (tertiary/aromatic N) is 1. The first-order chi connectivity index (χ1) is 5.68. The lowest BCUT2D eigenvalue weighted by atomic mass is 10.2. The van der Waals surface area contributed by atoms with Crippen LogP contribution in [0, 0.1) is 0 Å². The molecule has 1 aromatic heterocycles. The molecule has 1 fully saturated rings. The Morgan fingerprint density at radius 3 is 2.83 bits per heavy atom. The van der Waals surface area contributed by atoms with Gasteiger partial charge in [0.05, 0.1) is 5.69 Å². The van der Waals surface area contributed by atoms with Crippen LogP contribution < -0.4 is 0 Å². The van der Waals surface area contributed by atoms with Gasteiger partial charge in [-0.05, 0) is 28.8 Å². The van der Waals surface area contributed by atoms with Gasteiger partial charge in [0.15, 0.2) is 3.92 Å². The lowest BCUT2D eigenvalue weighted by Gasteiger charge is -1.91. The molecule has 1 saturated carbocycles. The summed E-state index contributed by atoms with van der Waals surface area (Å²) >= 11 is 4.39. The summed E-state index contributed by atoms with van der Waals surface area (Å²) in [6.07, 6.45) is 2.16. The zero-order valence-corrected chi connectivity index (χ0v) is 8.48. The second kappa shape index (κ2) is 2.81. The van der Waals surface area contributed by atoms with E-state index >= 15 is 0 Å². The van der Waals surface area contributed by atoms with E-state index in [1.807, 2.05) is 0 Å². The minimum Gasteiger partial charge on any atom is -0.477 e. The van der Waals surface area contributed by atoms with Crippen molar-refractivity contribution < 1.29 is 9.90 Å². The van der Waals surface area contributed by atoms with Gasteiger partial charge < -0.3 is 5.11 Å². The quantitative estimate of drug-likeness (QED) is 0.874. The van der Waals surface area contributed by atoms with Crippen LogP contribution in [0.15, 0.2) is 3.92 Å². The minimum absolute atomic E-state index is 0.393. The molecule has 0 spiro atoms. The highest BCUT2D eigenvalue weighted by Gasteiger charge is 2.31. The fraction of sp³-hybridized carbons (Fsp3) is 0.429. The van der Waals surface area contributed by atoms with E-state index < -0.39 is 5.97 Å². The molecule has 0 radical (unpaired) electrons. The highest BCUT2D eigenvalue weighted by Crippen LogP contribution is 2.43. The molecule has 0 atom stereocenters. The molecule has 0 aliphatic heterocycles. The Balaban J connectivity index is 2.43. The number of rotatable bonds is 2. The number of hydrogen-bond acceptors (Lipinski definition) is 3. The van der Waals surface area contributed by atoms with Crippen molar-refractivity contribution in [2.75, 3.05) is 0 Å². The van der Waals surface area contributed by atoms with E-state index in [0.29, 0.717) is 14.7 Å². The monoisotopic (exact) mass is 247 g/mol. The summed E-state index contributed by atoms with van der Waals surface area (Å²) in [7, 11) is 0. The van der Waals surface area contributed by atoms with Gasteiger partial charge in [0.2, 0.25) is 0 Å². The Hall–Kier alpha value is -0.420. The zero-order valence-electron chi connectivity index (χ0n) is 6.08. The van der Waals surface area contributed by atoms with Crippen molar-refractivity contribution >= 4 is 33.2 Å². The predicted octanol–water partition coefficient (Wildman–Crippen LogP) is 2.48. The van der Waals surface area contributed by atoms with Crippen LogP contribution in [0.2, 0.25) is 0 Å². The fourth-order valence-corrected chi connectivity index (χ4v) is 2.48. The first-order valence-electron chi connectivity index (χ1n) is 3.58.